The summed E-state index contributed by atoms with van der Waals surface area (Å²) in [6, 6.07) is 4.19. The van der Waals surface area contributed by atoms with Crippen LogP contribution in [0.2, 0.25) is 0 Å². The Kier molecular flexibility index (Phi) is 10.8. The highest BCUT2D eigenvalue weighted by Gasteiger charge is 2.29. The Bertz CT molecular complexity index is 641. The second kappa shape index (κ2) is 12.3. The van der Waals surface area contributed by atoms with Crippen LogP contribution in [0.5, 0.6) is 0 Å². The zero-order valence-corrected chi connectivity index (χ0v) is 18.8. The molecule has 1 unspecified atom stereocenters. The van der Waals surface area contributed by atoms with E-state index in [4.69, 9.17) is 0 Å². The van der Waals surface area contributed by atoms with Crippen molar-refractivity contribution in [2.45, 2.75) is 6.04 Å². The molecule has 0 radical (unpaired) electrons. The number of amides is 2. The molecule has 2 aliphatic rings. The highest BCUT2D eigenvalue weighted by Crippen LogP contribution is 2.21. The Balaban J connectivity index is 0.00000210. The lowest BCUT2D eigenvalue weighted by atomic mass is 10.1. The first-order valence-corrected chi connectivity index (χ1v) is 9.59. The molecule has 1 atom stereocenters. The van der Waals surface area contributed by atoms with Crippen LogP contribution < -0.4 is 5.32 Å². The van der Waals surface area contributed by atoms with Gasteiger partial charge in [0.25, 0.3) is 0 Å². The molecule has 1 aromatic rings. The predicted octanol–water partition coefficient (Wildman–Crippen LogP) is 0.104. The molecular weight excluding hydrogens is 415 g/mol. The SMILES string of the molecule is CN(C)C(=O)CN1CCN(C(=O)CN2CCNCC2c2cccnc2)CC1.Cl.Cl. The first-order valence-electron chi connectivity index (χ1n) is 9.59. The first-order chi connectivity index (χ1) is 13.0. The van der Waals surface area contributed by atoms with Gasteiger partial charge in [-0.3, -0.25) is 24.4 Å². The Morgan fingerprint density at radius 3 is 2.48 bits per heavy atom. The van der Waals surface area contributed by atoms with E-state index in [-0.39, 0.29) is 42.7 Å². The molecule has 2 fully saturated rings. The van der Waals surface area contributed by atoms with Gasteiger partial charge in [0, 0.05) is 78.3 Å². The second-order valence-electron chi connectivity index (χ2n) is 7.42. The third kappa shape index (κ3) is 7.08. The van der Waals surface area contributed by atoms with E-state index in [1.165, 1.54) is 0 Å². The number of hydrogen-bond donors (Lipinski definition) is 1. The Hall–Kier alpha value is -1.45. The van der Waals surface area contributed by atoms with Crippen LogP contribution in [0, 0.1) is 0 Å². The highest BCUT2D eigenvalue weighted by atomic mass is 35.5. The molecule has 3 heterocycles. The fourth-order valence-electron chi connectivity index (χ4n) is 3.60. The second-order valence-corrected chi connectivity index (χ2v) is 7.42. The van der Waals surface area contributed by atoms with Gasteiger partial charge in [-0.05, 0) is 11.6 Å². The van der Waals surface area contributed by atoms with Crippen LogP contribution in [-0.2, 0) is 9.59 Å². The van der Waals surface area contributed by atoms with Gasteiger partial charge in [-0.15, -0.1) is 24.8 Å². The zero-order chi connectivity index (χ0) is 19.2. The van der Waals surface area contributed by atoms with Crippen molar-refractivity contribution in [2.75, 3.05) is 73.0 Å². The summed E-state index contributed by atoms with van der Waals surface area (Å²) in [4.78, 5) is 36.8. The van der Waals surface area contributed by atoms with Crippen LogP contribution >= 0.6 is 24.8 Å². The molecule has 2 aliphatic heterocycles. The van der Waals surface area contributed by atoms with E-state index in [1.807, 2.05) is 17.2 Å². The van der Waals surface area contributed by atoms with E-state index in [1.54, 1.807) is 25.2 Å². The van der Waals surface area contributed by atoms with Gasteiger partial charge >= 0.3 is 0 Å². The monoisotopic (exact) mass is 446 g/mol. The van der Waals surface area contributed by atoms with Gasteiger partial charge in [0.1, 0.15) is 0 Å². The third-order valence-electron chi connectivity index (χ3n) is 5.34. The minimum Gasteiger partial charge on any atom is -0.348 e. The standard InChI is InChI=1S/C19H30N6O2.2ClH/c1-22(2)18(26)14-23-8-10-24(11-9-23)19(27)15-25-7-6-21-13-17(25)16-4-3-5-20-12-16;;/h3-5,12,17,21H,6-11,13-15H2,1-2H3;2*1H. The normalized spacial score (nSPS) is 20.3. The Morgan fingerprint density at radius 2 is 1.86 bits per heavy atom. The molecule has 2 saturated heterocycles. The maximum atomic E-state index is 12.8. The molecule has 1 N–H and O–H groups in total. The first kappa shape index (κ1) is 25.6. The van der Waals surface area contributed by atoms with E-state index < -0.39 is 0 Å². The van der Waals surface area contributed by atoms with Crippen molar-refractivity contribution in [3.05, 3.63) is 30.1 Å². The maximum absolute atomic E-state index is 12.8. The molecule has 0 spiro atoms. The van der Waals surface area contributed by atoms with Gasteiger partial charge in [0.15, 0.2) is 0 Å². The lowest BCUT2D eigenvalue weighted by Gasteiger charge is -2.39. The number of pyridine rings is 1. The van der Waals surface area contributed by atoms with Gasteiger partial charge < -0.3 is 15.1 Å². The summed E-state index contributed by atoms with van der Waals surface area (Å²) in [5.74, 6) is 0.277. The number of piperazine rings is 2. The number of rotatable bonds is 5. The molecule has 0 bridgehead atoms. The Morgan fingerprint density at radius 1 is 1.14 bits per heavy atom. The van der Waals surface area contributed by atoms with Crippen LogP contribution in [-0.4, -0.2) is 109 Å². The molecule has 10 heteroatoms. The van der Waals surface area contributed by atoms with Crippen molar-refractivity contribution in [1.82, 2.24) is 29.9 Å². The average molecular weight is 447 g/mol. The summed E-state index contributed by atoms with van der Waals surface area (Å²) >= 11 is 0. The third-order valence-corrected chi connectivity index (χ3v) is 5.34. The number of nitrogens with one attached hydrogen (secondary N) is 1. The summed E-state index contributed by atoms with van der Waals surface area (Å²) in [6.07, 6.45) is 3.66. The molecule has 0 saturated carbocycles. The number of carbonyl (C=O) groups excluding carboxylic acids is 2. The predicted molar refractivity (Wildman–Crippen MR) is 118 cm³/mol. The molecule has 164 valence electrons. The van der Waals surface area contributed by atoms with Gasteiger partial charge in [-0.2, -0.15) is 0 Å². The topological polar surface area (TPSA) is 72.0 Å². The number of nitrogens with zero attached hydrogens (tertiary/aromatic N) is 5. The van der Waals surface area contributed by atoms with E-state index >= 15 is 0 Å². The quantitative estimate of drug-likeness (QED) is 0.691. The summed E-state index contributed by atoms with van der Waals surface area (Å²) in [6.45, 7) is 6.30. The maximum Gasteiger partial charge on any atom is 0.236 e. The number of carbonyl (C=O) groups is 2. The van der Waals surface area contributed by atoms with Crippen LogP contribution in [0.15, 0.2) is 24.5 Å². The molecule has 0 aromatic carbocycles. The van der Waals surface area contributed by atoms with Gasteiger partial charge in [-0.1, -0.05) is 6.07 Å². The van der Waals surface area contributed by atoms with Crippen LogP contribution in [0.3, 0.4) is 0 Å². The molecule has 2 amide bonds. The highest BCUT2D eigenvalue weighted by molar-refractivity contribution is 5.85. The van der Waals surface area contributed by atoms with Crippen LogP contribution in [0.1, 0.15) is 11.6 Å². The van der Waals surface area contributed by atoms with E-state index in [0.717, 1.165) is 38.3 Å². The summed E-state index contributed by atoms with van der Waals surface area (Å²) in [7, 11) is 3.54. The lowest BCUT2D eigenvalue weighted by Crippen LogP contribution is -2.54. The fourth-order valence-corrected chi connectivity index (χ4v) is 3.60. The summed E-state index contributed by atoms with van der Waals surface area (Å²) in [5.41, 5.74) is 1.14. The minimum absolute atomic E-state index is 0. The largest absolute Gasteiger partial charge is 0.348 e. The summed E-state index contributed by atoms with van der Waals surface area (Å²) < 4.78 is 0. The number of aromatic nitrogens is 1. The molecule has 8 nitrogen and oxygen atoms in total. The van der Waals surface area contributed by atoms with Crippen molar-refractivity contribution in [3.8, 4) is 0 Å². The van der Waals surface area contributed by atoms with Crippen molar-refractivity contribution in [1.29, 1.82) is 0 Å². The molecule has 3 rings (SSSR count). The van der Waals surface area contributed by atoms with Crippen molar-refractivity contribution < 1.29 is 9.59 Å². The smallest absolute Gasteiger partial charge is 0.236 e. The fraction of sp³-hybridized carbons (Fsp3) is 0.632. The van der Waals surface area contributed by atoms with Crippen LogP contribution in [0.4, 0.5) is 0 Å². The zero-order valence-electron chi connectivity index (χ0n) is 17.1. The van der Waals surface area contributed by atoms with Gasteiger partial charge in [0.05, 0.1) is 13.1 Å². The number of halogens is 2. The minimum atomic E-state index is 0. The molecule has 1 aromatic heterocycles. The van der Waals surface area contributed by atoms with Gasteiger partial charge in [-0.25, -0.2) is 0 Å². The summed E-state index contributed by atoms with van der Waals surface area (Å²) in [5, 5.41) is 3.41. The number of hydrogen-bond acceptors (Lipinski definition) is 6. The van der Waals surface area contributed by atoms with Gasteiger partial charge in [0.2, 0.25) is 11.8 Å². The van der Waals surface area contributed by atoms with E-state index in [0.29, 0.717) is 26.2 Å². The lowest BCUT2D eigenvalue weighted by molar-refractivity contribution is -0.136. The molecular formula is C19H32Cl2N6O2. The van der Waals surface area contributed by atoms with Crippen molar-refractivity contribution in [2.24, 2.45) is 0 Å². The van der Waals surface area contributed by atoms with Crippen molar-refractivity contribution >= 4 is 36.6 Å². The average Bonchev–Trinajstić information content (AvgIpc) is 2.69. The van der Waals surface area contributed by atoms with E-state index in [2.05, 4.69) is 26.2 Å². The van der Waals surface area contributed by atoms with Crippen molar-refractivity contribution in [3.63, 3.8) is 0 Å². The van der Waals surface area contributed by atoms with E-state index in [9.17, 15) is 9.59 Å². The molecule has 0 aliphatic carbocycles. The Labute approximate surface area is 185 Å². The van der Waals surface area contributed by atoms with Crippen LogP contribution in [0.25, 0.3) is 0 Å². The number of likely N-dealkylation sites (N-methyl/N-ethyl adjacent to an activating group) is 1. The molecule has 29 heavy (non-hydrogen) atoms.